The summed E-state index contributed by atoms with van der Waals surface area (Å²) in [5.74, 6) is 0.682. The minimum absolute atomic E-state index is 0.531. The Morgan fingerprint density at radius 1 is 1.15 bits per heavy atom. The van der Waals surface area contributed by atoms with Crippen molar-refractivity contribution in [3.8, 4) is 5.75 Å². The van der Waals surface area contributed by atoms with Crippen LogP contribution in [0.4, 0.5) is 5.69 Å². The highest BCUT2D eigenvalue weighted by atomic mass is 35.5. The van der Waals surface area contributed by atoms with Crippen molar-refractivity contribution >= 4 is 39.1 Å². The van der Waals surface area contributed by atoms with Gasteiger partial charge in [0.25, 0.3) is 0 Å². The van der Waals surface area contributed by atoms with E-state index in [-0.39, 0.29) is 0 Å². The van der Waals surface area contributed by atoms with Crippen LogP contribution in [0.15, 0.2) is 41.5 Å². The van der Waals surface area contributed by atoms with E-state index in [0.717, 1.165) is 16.3 Å². The molecule has 0 aliphatic rings. The Morgan fingerprint density at radius 2 is 2.00 bits per heavy atom. The van der Waals surface area contributed by atoms with Crippen LogP contribution in [-0.4, -0.2) is 12.1 Å². The zero-order valence-corrected chi connectivity index (χ0v) is 11.3. The summed E-state index contributed by atoms with van der Waals surface area (Å²) in [4.78, 5) is 7.44. The molecule has 0 bridgehead atoms. The van der Waals surface area contributed by atoms with Crippen LogP contribution in [-0.2, 0) is 0 Å². The van der Waals surface area contributed by atoms with E-state index >= 15 is 0 Å². The van der Waals surface area contributed by atoms with Crippen LogP contribution in [0.5, 0.6) is 5.75 Å². The summed E-state index contributed by atoms with van der Waals surface area (Å²) < 4.78 is 5.20. The van der Waals surface area contributed by atoms with Gasteiger partial charge in [-0.15, -0.1) is 0 Å². The fourth-order valence-electron chi connectivity index (χ4n) is 2.15. The van der Waals surface area contributed by atoms with Gasteiger partial charge in [0.1, 0.15) is 5.75 Å². The largest absolute Gasteiger partial charge is 0.497 e. The third kappa shape index (κ3) is 1.99. The van der Waals surface area contributed by atoms with Crippen LogP contribution in [0.25, 0.3) is 32.2 Å². The quantitative estimate of drug-likeness (QED) is 0.288. The molecular weight excluding hydrogens is 276 g/mol. The van der Waals surface area contributed by atoms with Crippen LogP contribution in [0.1, 0.15) is 0 Å². The van der Waals surface area contributed by atoms with Crippen LogP contribution in [0.2, 0.25) is 5.02 Å². The molecule has 0 aliphatic carbocycles. The lowest BCUT2D eigenvalue weighted by Gasteiger charge is -2.08. The fourth-order valence-corrected chi connectivity index (χ4v) is 2.32. The summed E-state index contributed by atoms with van der Waals surface area (Å²) in [5.41, 5.74) is 10.7. The highest BCUT2D eigenvalue weighted by Gasteiger charge is 2.09. The van der Waals surface area contributed by atoms with Crippen molar-refractivity contribution < 1.29 is 4.74 Å². The standard InChI is InChI=1S/C14H9ClN4O/c1-20-9-3-5-12-11(7-9)14(18-19-16)10-4-2-8(15)6-13(10)17-12/h2-7H,1H3. The molecule has 0 atom stereocenters. The Hall–Kier alpha value is -2.49. The number of halogens is 1. The molecule has 2 aromatic carbocycles. The summed E-state index contributed by atoms with van der Waals surface area (Å²) in [6.07, 6.45) is 0. The normalized spacial score (nSPS) is 10.5. The van der Waals surface area contributed by atoms with E-state index in [0.29, 0.717) is 22.0 Å². The maximum Gasteiger partial charge on any atom is 0.119 e. The van der Waals surface area contributed by atoms with Gasteiger partial charge in [-0.05, 0) is 35.9 Å². The van der Waals surface area contributed by atoms with Gasteiger partial charge in [-0.1, -0.05) is 22.8 Å². The lowest BCUT2D eigenvalue weighted by molar-refractivity contribution is 0.415. The van der Waals surface area contributed by atoms with Crippen molar-refractivity contribution in [2.75, 3.05) is 7.11 Å². The lowest BCUT2D eigenvalue weighted by Crippen LogP contribution is -1.87. The molecule has 3 rings (SSSR count). The molecule has 0 N–H and O–H groups in total. The summed E-state index contributed by atoms with van der Waals surface area (Å²) in [6.45, 7) is 0. The minimum atomic E-state index is 0.531. The molecule has 0 radical (unpaired) electrons. The van der Waals surface area contributed by atoms with Gasteiger partial charge in [0, 0.05) is 20.7 Å². The molecule has 0 fully saturated rings. The maximum atomic E-state index is 8.80. The first-order valence-corrected chi connectivity index (χ1v) is 6.23. The molecule has 3 aromatic rings. The predicted octanol–water partition coefficient (Wildman–Crippen LogP) is 4.99. The number of aromatic nitrogens is 1. The van der Waals surface area contributed by atoms with Gasteiger partial charge in [-0.25, -0.2) is 4.98 Å². The maximum absolute atomic E-state index is 8.80. The molecule has 20 heavy (non-hydrogen) atoms. The molecule has 6 heteroatoms. The summed E-state index contributed by atoms with van der Waals surface area (Å²) >= 11 is 5.98. The van der Waals surface area contributed by atoms with E-state index < -0.39 is 0 Å². The van der Waals surface area contributed by atoms with Crippen molar-refractivity contribution in [1.82, 2.24) is 4.98 Å². The highest BCUT2D eigenvalue weighted by molar-refractivity contribution is 6.31. The zero-order valence-electron chi connectivity index (χ0n) is 10.5. The van der Waals surface area contributed by atoms with Crippen LogP contribution < -0.4 is 4.74 Å². The average molecular weight is 285 g/mol. The second-order valence-electron chi connectivity index (χ2n) is 4.19. The number of pyridine rings is 1. The van der Waals surface area contributed by atoms with Gasteiger partial charge >= 0.3 is 0 Å². The predicted molar refractivity (Wildman–Crippen MR) is 79.6 cm³/mol. The Labute approximate surface area is 119 Å². The number of rotatable bonds is 2. The number of fused-ring (bicyclic) bond motifs is 2. The minimum Gasteiger partial charge on any atom is -0.497 e. The van der Waals surface area contributed by atoms with Gasteiger partial charge in [-0.2, -0.15) is 0 Å². The number of benzene rings is 2. The fraction of sp³-hybridized carbons (Fsp3) is 0.0714. The van der Waals surface area contributed by atoms with Crippen LogP contribution in [0, 0.1) is 0 Å². The second kappa shape index (κ2) is 4.89. The summed E-state index contributed by atoms with van der Waals surface area (Å²) in [5, 5.41) is 5.90. The van der Waals surface area contributed by atoms with Gasteiger partial charge in [-0.3, -0.25) is 0 Å². The Kier molecular flexibility index (Phi) is 3.06. The number of nitrogens with zero attached hydrogens (tertiary/aromatic N) is 4. The first-order valence-electron chi connectivity index (χ1n) is 5.85. The SMILES string of the molecule is COc1ccc2nc3cc(Cl)ccc3c(N=[N+]=[N-])c2c1. The van der Waals surface area contributed by atoms with E-state index in [1.54, 1.807) is 31.4 Å². The van der Waals surface area contributed by atoms with E-state index in [9.17, 15) is 0 Å². The Morgan fingerprint density at radius 3 is 2.75 bits per heavy atom. The van der Waals surface area contributed by atoms with E-state index in [2.05, 4.69) is 15.0 Å². The van der Waals surface area contributed by atoms with Crippen molar-refractivity contribution in [1.29, 1.82) is 0 Å². The van der Waals surface area contributed by atoms with Gasteiger partial charge in [0.2, 0.25) is 0 Å². The molecule has 0 saturated carbocycles. The third-order valence-electron chi connectivity index (χ3n) is 3.06. The number of hydrogen-bond acceptors (Lipinski definition) is 3. The Bertz CT molecular complexity index is 872. The number of ether oxygens (including phenoxy) is 1. The topological polar surface area (TPSA) is 70.9 Å². The number of azide groups is 1. The highest BCUT2D eigenvalue weighted by Crippen LogP contribution is 2.36. The molecule has 0 saturated heterocycles. The summed E-state index contributed by atoms with van der Waals surface area (Å²) in [7, 11) is 1.59. The molecule has 0 amide bonds. The second-order valence-corrected chi connectivity index (χ2v) is 4.63. The Balaban J connectivity index is 2.51. The van der Waals surface area contributed by atoms with Crippen molar-refractivity contribution in [3.05, 3.63) is 51.9 Å². The molecular formula is C14H9ClN4O. The summed E-state index contributed by atoms with van der Waals surface area (Å²) in [6, 6.07) is 10.7. The first-order chi connectivity index (χ1) is 9.72. The van der Waals surface area contributed by atoms with Crippen LogP contribution >= 0.6 is 11.6 Å². The third-order valence-corrected chi connectivity index (χ3v) is 3.29. The van der Waals surface area contributed by atoms with Gasteiger partial charge in [0.05, 0.1) is 23.8 Å². The van der Waals surface area contributed by atoms with E-state index in [4.69, 9.17) is 21.9 Å². The van der Waals surface area contributed by atoms with Crippen molar-refractivity contribution in [3.63, 3.8) is 0 Å². The molecule has 0 aliphatic heterocycles. The lowest BCUT2D eigenvalue weighted by atomic mass is 10.1. The van der Waals surface area contributed by atoms with Crippen LogP contribution in [0.3, 0.4) is 0 Å². The number of methoxy groups -OCH3 is 1. The molecule has 5 nitrogen and oxygen atoms in total. The molecule has 98 valence electrons. The van der Waals surface area contributed by atoms with Gasteiger partial charge in [0.15, 0.2) is 0 Å². The molecule has 1 aromatic heterocycles. The molecule has 0 unspecified atom stereocenters. The monoisotopic (exact) mass is 284 g/mol. The zero-order chi connectivity index (χ0) is 14.1. The average Bonchev–Trinajstić information content (AvgIpc) is 2.46. The van der Waals surface area contributed by atoms with Crippen molar-refractivity contribution in [2.45, 2.75) is 0 Å². The smallest absolute Gasteiger partial charge is 0.119 e. The van der Waals surface area contributed by atoms with Crippen molar-refractivity contribution in [2.24, 2.45) is 5.11 Å². The van der Waals surface area contributed by atoms with Gasteiger partial charge < -0.3 is 4.74 Å². The van der Waals surface area contributed by atoms with E-state index in [1.807, 2.05) is 12.1 Å². The first kappa shape index (κ1) is 12.5. The molecule has 1 heterocycles. The van der Waals surface area contributed by atoms with E-state index in [1.165, 1.54) is 0 Å². The molecule has 0 spiro atoms. The number of hydrogen-bond donors (Lipinski definition) is 0.